The summed E-state index contributed by atoms with van der Waals surface area (Å²) < 4.78 is 10.6. The van der Waals surface area contributed by atoms with Gasteiger partial charge in [0.2, 0.25) is 5.91 Å². The predicted octanol–water partition coefficient (Wildman–Crippen LogP) is 0.630. The first kappa shape index (κ1) is 14.3. The highest BCUT2D eigenvalue weighted by atomic mass is 16.5. The molecule has 18 heavy (non-hydrogen) atoms. The van der Waals surface area contributed by atoms with Crippen molar-refractivity contribution in [3.8, 4) is 11.5 Å². The van der Waals surface area contributed by atoms with Crippen LogP contribution in [-0.2, 0) is 11.2 Å². The molecule has 1 rings (SSSR count). The summed E-state index contributed by atoms with van der Waals surface area (Å²) >= 11 is 0. The van der Waals surface area contributed by atoms with Gasteiger partial charge in [-0.3, -0.25) is 4.79 Å². The molecule has 5 heteroatoms. The van der Waals surface area contributed by atoms with Crippen LogP contribution >= 0.6 is 0 Å². The number of benzene rings is 1. The third kappa shape index (κ3) is 3.92. The van der Waals surface area contributed by atoms with Gasteiger partial charge in [-0.15, -0.1) is 0 Å². The van der Waals surface area contributed by atoms with Crippen LogP contribution in [0.25, 0.3) is 0 Å². The van der Waals surface area contributed by atoms with Crippen LogP contribution in [0.1, 0.15) is 11.1 Å². The lowest BCUT2D eigenvalue weighted by Crippen LogP contribution is -2.29. The molecule has 0 aliphatic heterocycles. The second kappa shape index (κ2) is 6.86. The van der Waals surface area contributed by atoms with Crippen molar-refractivity contribution in [1.82, 2.24) is 5.32 Å². The Kier molecular flexibility index (Phi) is 5.45. The number of ether oxygens (including phenoxy) is 2. The number of amides is 1. The maximum Gasteiger partial charge on any atom is 0.231 e. The van der Waals surface area contributed by atoms with Gasteiger partial charge in [0.25, 0.3) is 0 Å². The molecule has 1 aromatic rings. The monoisotopic (exact) mass is 252 g/mol. The Balaban J connectivity index is 2.70. The molecule has 0 heterocycles. The van der Waals surface area contributed by atoms with Gasteiger partial charge in [0.05, 0.1) is 20.8 Å². The first-order chi connectivity index (χ1) is 8.58. The fourth-order valence-corrected chi connectivity index (χ4v) is 1.74. The molecule has 0 bridgehead atoms. The molecule has 0 spiro atoms. The number of hydrogen-bond acceptors (Lipinski definition) is 4. The van der Waals surface area contributed by atoms with E-state index in [2.05, 4.69) is 5.32 Å². The van der Waals surface area contributed by atoms with E-state index in [4.69, 9.17) is 15.2 Å². The van der Waals surface area contributed by atoms with Crippen molar-refractivity contribution in [2.24, 2.45) is 5.73 Å². The normalized spacial score (nSPS) is 10.2. The van der Waals surface area contributed by atoms with Crippen molar-refractivity contribution in [2.45, 2.75) is 13.3 Å². The number of rotatable bonds is 7. The standard InChI is InChI=1S/C13H20N2O3/c1-9-6-12(18-3)10(7-11(9)17-2)4-5-15-8-13(14)16/h6-7,15H,4-5,8H2,1-3H3,(H2,14,16). The van der Waals surface area contributed by atoms with Gasteiger partial charge >= 0.3 is 0 Å². The molecule has 0 saturated heterocycles. The molecule has 0 aliphatic rings. The number of nitrogens with one attached hydrogen (secondary N) is 1. The van der Waals surface area contributed by atoms with Crippen LogP contribution in [0, 0.1) is 6.92 Å². The van der Waals surface area contributed by atoms with Crippen LogP contribution < -0.4 is 20.5 Å². The number of primary amides is 1. The van der Waals surface area contributed by atoms with Crippen LogP contribution in [0.15, 0.2) is 12.1 Å². The van der Waals surface area contributed by atoms with E-state index < -0.39 is 0 Å². The Morgan fingerprint density at radius 3 is 2.50 bits per heavy atom. The minimum absolute atomic E-state index is 0.186. The maximum atomic E-state index is 10.6. The average Bonchev–Trinajstić information content (AvgIpc) is 2.35. The van der Waals surface area contributed by atoms with Crippen molar-refractivity contribution in [3.05, 3.63) is 23.3 Å². The average molecular weight is 252 g/mol. The Bertz CT molecular complexity index is 419. The van der Waals surface area contributed by atoms with E-state index in [1.54, 1.807) is 14.2 Å². The molecule has 5 nitrogen and oxygen atoms in total. The number of carbonyl (C=O) groups is 1. The summed E-state index contributed by atoms with van der Waals surface area (Å²) in [6.07, 6.45) is 0.743. The zero-order chi connectivity index (χ0) is 13.5. The van der Waals surface area contributed by atoms with E-state index in [-0.39, 0.29) is 12.5 Å². The van der Waals surface area contributed by atoms with Crippen molar-refractivity contribution in [1.29, 1.82) is 0 Å². The SMILES string of the molecule is COc1cc(CCNCC(N)=O)c(OC)cc1C. The third-order valence-electron chi connectivity index (χ3n) is 2.67. The summed E-state index contributed by atoms with van der Waals surface area (Å²) in [6, 6.07) is 3.91. The summed E-state index contributed by atoms with van der Waals surface area (Å²) in [4.78, 5) is 10.6. The van der Waals surface area contributed by atoms with E-state index in [1.165, 1.54) is 0 Å². The van der Waals surface area contributed by atoms with Crippen LogP contribution in [0.5, 0.6) is 11.5 Å². The maximum absolute atomic E-state index is 10.6. The van der Waals surface area contributed by atoms with Gasteiger partial charge < -0.3 is 20.5 Å². The Hall–Kier alpha value is -1.75. The smallest absolute Gasteiger partial charge is 0.231 e. The van der Waals surface area contributed by atoms with Gasteiger partial charge in [-0.1, -0.05) is 0 Å². The lowest BCUT2D eigenvalue weighted by atomic mass is 10.1. The molecule has 0 saturated carbocycles. The minimum Gasteiger partial charge on any atom is -0.496 e. The summed E-state index contributed by atoms with van der Waals surface area (Å²) in [6.45, 7) is 2.81. The predicted molar refractivity (Wildman–Crippen MR) is 70.1 cm³/mol. The van der Waals surface area contributed by atoms with Crippen molar-refractivity contribution in [2.75, 3.05) is 27.3 Å². The quantitative estimate of drug-likeness (QED) is 0.698. The first-order valence-corrected chi connectivity index (χ1v) is 5.79. The molecule has 100 valence electrons. The van der Waals surface area contributed by atoms with E-state index in [1.807, 2.05) is 19.1 Å². The minimum atomic E-state index is -0.358. The van der Waals surface area contributed by atoms with Gasteiger partial charge in [-0.2, -0.15) is 0 Å². The Labute approximate surface area is 107 Å². The largest absolute Gasteiger partial charge is 0.496 e. The molecule has 0 atom stereocenters. The molecule has 0 radical (unpaired) electrons. The topological polar surface area (TPSA) is 73.6 Å². The van der Waals surface area contributed by atoms with Gasteiger partial charge in [0.1, 0.15) is 11.5 Å². The van der Waals surface area contributed by atoms with E-state index in [0.717, 1.165) is 29.0 Å². The lowest BCUT2D eigenvalue weighted by molar-refractivity contribution is -0.117. The van der Waals surface area contributed by atoms with Crippen molar-refractivity contribution < 1.29 is 14.3 Å². The molecule has 1 aromatic carbocycles. The highest BCUT2D eigenvalue weighted by molar-refractivity contribution is 5.75. The van der Waals surface area contributed by atoms with Crippen LogP contribution in [0.3, 0.4) is 0 Å². The first-order valence-electron chi connectivity index (χ1n) is 5.79. The zero-order valence-corrected chi connectivity index (χ0v) is 11.1. The number of aryl methyl sites for hydroxylation is 1. The van der Waals surface area contributed by atoms with E-state index in [0.29, 0.717) is 6.54 Å². The van der Waals surface area contributed by atoms with Crippen molar-refractivity contribution >= 4 is 5.91 Å². The summed E-state index contributed by atoms with van der Waals surface area (Å²) in [5.41, 5.74) is 7.12. The van der Waals surface area contributed by atoms with Gasteiger partial charge in [-0.25, -0.2) is 0 Å². The van der Waals surface area contributed by atoms with Crippen LogP contribution in [-0.4, -0.2) is 33.2 Å². The van der Waals surface area contributed by atoms with Gasteiger partial charge in [0.15, 0.2) is 0 Å². The second-order valence-electron chi connectivity index (χ2n) is 4.03. The van der Waals surface area contributed by atoms with Crippen LogP contribution in [0.2, 0.25) is 0 Å². The second-order valence-corrected chi connectivity index (χ2v) is 4.03. The highest BCUT2D eigenvalue weighted by Crippen LogP contribution is 2.28. The molecule has 0 fully saturated rings. The summed E-state index contributed by atoms with van der Waals surface area (Å²) in [5, 5.41) is 2.97. The number of methoxy groups -OCH3 is 2. The van der Waals surface area contributed by atoms with E-state index in [9.17, 15) is 4.79 Å². The number of hydrogen-bond donors (Lipinski definition) is 2. The number of nitrogens with two attached hydrogens (primary N) is 1. The van der Waals surface area contributed by atoms with E-state index >= 15 is 0 Å². The fourth-order valence-electron chi connectivity index (χ4n) is 1.74. The molecular formula is C13H20N2O3. The Morgan fingerprint density at radius 1 is 1.28 bits per heavy atom. The van der Waals surface area contributed by atoms with Crippen LogP contribution in [0.4, 0.5) is 0 Å². The fraction of sp³-hybridized carbons (Fsp3) is 0.462. The van der Waals surface area contributed by atoms with Gasteiger partial charge in [0, 0.05) is 0 Å². The highest BCUT2D eigenvalue weighted by Gasteiger charge is 2.08. The molecule has 0 aliphatic carbocycles. The molecule has 1 amide bonds. The summed E-state index contributed by atoms with van der Waals surface area (Å²) in [7, 11) is 3.28. The molecular weight excluding hydrogens is 232 g/mol. The zero-order valence-electron chi connectivity index (χ0n) is 11.1. The lowest BCUT2D eigenvalue weighted by Gasteiger charge is -2.13. The molecule has 3 N–H and O–H groups in total. The molecule has 0 aromatic heterocycles. The third-order valence-corrected chi connectivity index (χ3v) is 2.67. The summed E-state index contributed by atoms with van der Waals surface area (Å²) in [5.74, 6) is 1.30. The molecule has 0 unspecified atom stereocenters. The van der Waals surface area contributed by atoms with Crippen molar-refractivity contribution in [3.63, 3.8) is 0 Å². The van der Waals surface area contributed by atoms with Gasteiger partial charge in [-0.05, 0) is 43.1 Å². The number of carbonyl (C=O) groups excluding carboxylic acids is 1. The Morgan fingerprint density at radius 2 is 1.94 bits per heavy atom.